The fourth-order valence-corrected chi connectivity index (χ4v) is 7.37. The maximum atomic E-state index is 14.3. The molecule has 0 heterocycles. The van der Waals surface area contributed by atoms with Gasteiger partial charge in [-0.1, -0.05) is 93.2 Å². The molecule has 0 radical (unpaired) electrons. The Balaban J connectivity index is 1.74. The number of benzene rings is 3. The van der Waals surface area contributed by atoms with E-state index in [9.17, 15) is 18.0 Å². The molecule has 0 bridgehead atoms. The second kappa shape index (κ2) is 14.6. The zero-order chi connectivity index (χ0) is 31.1. The number of nitrogens with zero attached hydrogens (tertiary/aromatic N) is 2. The first-order valence-corrected chi connectivity index (χ1v) is 16.9. The highest BCUT2D eigenvalue weighted by Gasteiger charge is 2.35. The molecule has 3 aromatic rings. The molecule has 7 nitrogen and oxygen atoms in total. The number of halogens is 2. The second-order valence-electron chi connectivity index (χ2n) is 11.2. The van der Waals surface area contributed by atoms with Crippen molar-refractivity contribution in [2.75, 3.05) is 10.8 Å². The molecular weight excluding hydrogens is 605 g/mol. The van der Waals surface area contributed by atoms with Crippen LogP contribution in [0, 0.1) is 0 Å². The Morgan fingerprint density at radius 1 is 0.907 bits per heavy atom. The van der Waals surface area contributed by atoms with Crippen molar-refractivity contribution < 1.29 is 18.0 Å². The summed E-state index contributed by atoms with van der Waals surface area (Å²) in [5.41, 5.74) is 1.88. The lowest BCUT2D eigenvalue weighted by Crippen LogP contribution is -2.53. The van der Waals surface area contributed by atoms with Gasteiger partial charge < -0.3 is 10.2 Å². The molecule has 10 heteroatoms. The standard InChI is InChI=1S/C33H39Cl2N3O4S/c1-4-31(33(40)36-25-11-8-9-12-25)37(21-28-29(34)15-10-16-30(28)35)32(39)22-38(26-19-17-24(18-20-26)23(2)3)43(41,42)27-13-6-5-7-14-27/h5-7,10,13-20,23,25,31H,4,8-9,11-12,21-22H2,1-3H3,(H,36,40)/t31-/m0/s1. The smallest absolute Gasteiger partial charge is 0.264 e. The summed E-state index contributed by atoms with van der Waals surface area (Å²) in [6.45, 7) is 5.36. The van der Waals surface area contributed by atoms with Gasteiger partial charge in [-0.3, -0.25) is 13.9 Å². The third kappa shape index (κ3) is 7.91. The van der Waals surface area contributed by atoms with E-state index in [2.05, 4.69) is 19.2 Å². The zero-order valence-electron chi connectivity index (χ0n) is 24.8. The van der Waals surface area contributed by atoms with Crippen LogP contribution in [-0.2, 0) is 26.2 Å². The van der Waals surface area contributed by atoms with Crippen molar-refractivity contribution in [2.45, 2.75) is 82.3 Å². The molecule has 0 spiro atoms. The van der Waals surface area contributed by atoms with Crippen LogP contribution in [0.15, 0.2) is 77.7 Å². The predicted octanol–water partition coefficient (Wildman–Crippen LogP) is 7.18. The first-order chi connectivity index (χ1) is 20.5. The van der Waals surface area contributed by atoms with Crippen LogP contribution in [0.5, 0.6) is 0 Å². The van der Waals surface area contributed by atoms with Crippen molar-refractivity contribution >= 4 is 50.7 Å². The highest BCUT2D eigenvalue weighted by Crippen LogP contribution is 2.30. The summed E-state index contributed by atoms with van der Waals surface area (Å²) in [6.07, 6.45) is 4.19. The maximum absolute atomic E-state index is 14.3. The fraction of sp³-hybridized carbons (Fsp3) is 0.394. The largest absolute Gasteiger partial charge is 0.352 e. The van der Waals surface area contributed by atoms with Gasteiger partial charge in [-0.2, -0.15) is 0 Å². The number of anilines is 1. The molecule has 1 atom stereocenters. The molecule has 230 valence electrons. The number of rotatable bonds is 12. The lowest BCUT2D eigenvalue weighted by Gasteiger charge is -2.34. The van der Waals surface area contributed by atoms with Crippen LogP contribution in [0.4, 0.5) is 5.69 Å². The molecular formula is C33H39Cl2N3O4S. The van der Waals surface area contributed by atoms with Crippen LogP contribution in [-0.4, -0.2) is 43.8 Å². The molecule has 1 aliphatic carbocycles. The number of amides is 2. The topological polar surface area (TPSA) is 86.8 Å². The number of sulfonamides is 1. The number of hydrogen-bond acceptors (Lipinski definition) is 4. The normalized spacial score (nSPS) is 14.5. The Kier molecular flexibility index (Phi) is 11.2. The third-order valence-corrected chi connectivity index (χ3v) is 10.4. The van der Waals surface area contributed by atoms with Crippen molar-refractivity contribution in [1.29, 1.82) is 0 Å². The Morgan fingerprint density at radius 2 is 1.51 bits per heavy atom. The molecule has 1 aliphatic rings. The average molecular weight is 645 g/mol. The third-order valence-electron chi connectivity index (χ3n) is 7.94. The quantitative estimate of drug-likeness (QED) is 0.226. The van der Waals surface area contributed by atoms with E-state index in [0.29, 0.717) is 27.7 Å². The van der Waals surface area contributed by atoms with E-state index in [0.717, 1.165) is 35.6 Å². The number of nitrogens with one attached hydrogen (secondary N) is 1. The Labute approximate surface area is 265 Å². The van der Waals surface area contributed by atoms with Crippen molar-refractivity contribution in [3.63, 3.8) is 0 Å². The van der Waals surface area contributed by atoms with E-state index >= 15 is 0 Å². The lowest BCUT2D eigenvalue weighted by molar-refractivity contribution is -0.140. The molecule has 3 aromatic carbocycles. The Hall–Kier alpha value is -3.07. The first kappa shape index (κ1) is 32.8. The summed E-state index contributed by atoms with van der Waals surface area (Å²) in [6, 6.07) is 19.4. The molecule has 1 N–H and O–H groups in total. The second-order valence-corrected chi connectivity index (χ2v) is 13.9. The van der Waals surface area contributed by atoms with E-state index in [-0.39, 0.29) is 29.3 Å². The summed E-state index contributed by atoms with van der Waals surface area (Å²) in [7, 11) is -4.14. The maximum Gasteiger partial charge on any atom is 0.264 e. The highest BCUT2D eigenvalue weighted by atomic mass is 35.5. The molecule has 0 aromatic heterocycles. The Morgan fingerprint density at radius 3 is 2.07 bits per heavy atom. The van der Waals surface area contributed by atoms with Crippen molar-refractivity contribution in [3.05, 3.63) is 94.0 Å². The molecule has 2 amide bonds. The molecule has 0 saturated heterocycles. The van der Waals surface area contributed by atoms with Crippen LogP contribution in [0.1, 0.15) is 69.9 Å². The highest BCUT2D eigenvalue weighted by molar-refractivity contribution is 7.92. The van der Waals surface area contributed by atoms with Gasteiger partial charge in [-0.05, 0) is 67.1 Å². The van der Waals surface area contributed by atoms with Gasteiger partial charge in [0.15, 0.2) is 0 Å². The fourth-order valence-electron chi connectivity index (χ4n) is 5.41. The van der Waals surface area contributed by atoms with Gasteiger partial charge in [0.1, 0.15) is 12.6 Å². The van der Waals surface area contributed by atoms with Gasteiger partial charge in [-0.25, -0.2) is 8.42 Å². The van der Waals surface area contributed by atoms with Gasteiger partial charge in [0.05, 0.1) is 10.6 Å². The molecule has 0 aliphatic heterocycles. The van der Waals surface area contributed by atoms with Crippen molar-refractivity contribution in [1.82, 2.24) is 10.2 Å². The summed E-state index contributed by atoms with van der Waals surface area (Å²) in [4.78, 5) is 29.4. The van der Waals surface area contributed by atoms with Crippen LogP contribution < -0.4 is 9.62 Å². The van der Waals surface area contributed by atoms with E-state index < -0.39 is 28.5 Å². The number of carbonyl (C=O) groups is 2. The number of hydrogen-bond donors (Lipinski definition) is 1. The van der Waals surface area contributed by atoms with Crippen LogP contribution in [0.2, 0.25) is 10.0 Å². The summed E-state index contributed by atoms with van der Waals surface area (Å²) >= 11 is 13.0. The molecule has 1 saturated carbocycles. The van der Waals surface area contributed by atoms with E-state index in [1.165, 1.54) is 17.0 Å². The molecule has 43 heavy (non-hydrogen) atoms. The minimum atomic E-state index is -4.14. The summed E-state index contributed by atoms with van der Waals surface area (Å²) in [5, 5.41) is 3.82. The van der Waals surface area contributed by atoms with Crippen molar-refractivity contribution in [3.8, 4) is 0 Å². The molecule has 4 rings (SSSR count). The monoisotopic (exact) mass is 643 g/mol. The van der Waals surface area contributed by atoms with Gasteiger partial charge in [0.25, 0.3) is 10.0 Å². The molecule has 0 unspecified atom stereocenters. The van der Waals surface area contributed by atoms with Crippen molar-refractivity contribution in [2.24, 2.45) is 0 Å². The van der Waals surface area contributed by atoms with Gasteiger partial charge in [0, 0.05) is 28.2 Å². The first-order valence-electron chi connectivity index (χ1n) is 14.7. The van der Waals surface area contributed by atoms with Crippen LogP contribution >= 0.6 is 23.2 Å². The zero-order valence-corrected chi connectivity index (χ0v) is 27.1. The number of carbonyl (C=O) groups excluding carboxylic acids is 2. The minimum Gasteiger partial charge on any atom is -0.352 e. The Bertz CT molecular complexity index is 1490. The summed E-state index contributed by atoms with van der Waals surface area (Å²) in [5.74, 6) is -0.573. The van der Waals surface area contributed by atoms with E-state index in [1.54, 1.807) is 48.5 Å². The van der Waals surface area contributed by atoms with Crippen LogP contribution in [0.25, 0.3) is 0 Å². The SMILES string of the molecule is CC[C@@H](C(=O)NC1CCCC1)N(Cc1c(Cl)cccc1Cl)C(=O)CN(c1ccc(C(C)C)cc1)S(=O)(=O)c1ccccc1. The van der Waals surface area contributed by atoms with Crippen LogP contribution in [0.3, 0.4) is 0 Å². The molecule has 1 fully saturated rings. The van der Waals surface area contributed by atoms with Gasteiger partial charge in [-0.15, -0.1) is 0 Å². The van der Waals surface area contributed by atoms with Gasteiger partial charge in [0.2, 0.25) is 11.8 Å². The average Bonchev–Trinajstić information content (AvgIpc) is 3.50. The lowest BCUT2D eigenvalue weighted by atomic mass is 10.0. The van der Waals surface area contributed by atoms with Gasteiger partial charge >= 0.3 is 0 Å². The van der Waals surface area contributed by atoms with E-state index in [4.69, 9.17) is 23.2 Å². The van der Waals surface area contributed by atoms with E-state index in [1.807, 2.05) is 19.1 Å². The minimum absolute atomic E-state index is 0.0526. The predicted molar refractivity (Wildman–Crippen MR) is 173 cm³/mol. The summed E-state index contributed by atoms with van der Waals surface area (Å²) < 4.78 is 29.1.